The fraction of sp³-hybridized carbons (Fsp3) is 0.316. The average Bonchev–Trinajstić information content (AvgIpc) is 2.54. The Morgan fingerprint density at radius 1 is 0.750 bits per heavy atom. The molecule has 0 fully saturated rings. The van der Waals surface area contributed by atoms with E-state index in [2.05, 4.69) is 11.7 Å². The van der Waals surface area contributed by atoms with Crippen LogP contribution < -0.4 is 9.47 Å². The van der Waals surface area contributed by atoms with Crippen LogP contribution in [0.1, 0.15) is 31.2 Å². The number of alkyl halides is 3. The lowest BCUT2D eigenvalue weighted by molar-refractivity contribution is -0.274. The molecule has 2 nitrogen and oxygen atoms in total. The maximum Gasteiger partial charge on any atom is 0.573 e. The Hall–Kier alpha value is -2.17. The zero-order valence-electron chi connectivity index (χ0n) is 13.3. The summed E-state index contributed by atoms with van der Waals surface area (Å²) in [6, 6.07) is 13.0. The van der Waals surface area contributed by atoms with Crippen molar-refractivity contribution in [2.45, 2.75) is 38.5 Å². The van der Waals surface area contributed by atoms with Crippen LogP contribution in [0, 0.1) is 6.92 Å². The molecule has 0 unspecified atom stereocenters. The van der Waals surface area contributed by atoms with E-state index < -0.39 is 6.36 Å². The van der Waals surface area contributed by atoms with Crippen molar-refractivity contribution in [1.29, 1.82) is 0 Å². The second kappa shape index (κ2) is 8.62. The van der Waals surface area contributed by atoms with E-state index >= 15 is 0 Å². The van der Waals surface area contributed by atoms with Crippen molar-refractivity contribution in [2.24, 2.45) is 0 Å². The molecule has 0 amide bonds. The Morgan fingerprint density at radius 2 is 1.29 bits per heavy atom. The molecule has 129 valence electrons. The Kier molecular flexibility index (Phi) is 6.53. The largest absolute Gasteiger partial charge is 0.573 e. The van der Waals surface area contributed by atoms with E-state index in [9.17, 15) is 13.2 Å². The van der Waals surface area contributed by atoms with Gasteiger partial charge in [0, 0.05) is 0 Å². The number of aryl methyl sites for hydroxylation is 1. The van der Waals surface area contributed by atoms with E-state index in [0.29, 0.717) is 11.5 Å². The zero-order chi connectivity index (χ0) is 17.4. The number of benzene rings is 2. The van der Waals surface area contributed by atoms with Crippen LogP contribution in [0.15, 0.2) is 48.5 Å². The smallest absolute Gasteiger partial charge is 0.457 e. The molecular formula is C19H20F3O2. The first kappa shape index (κ1) is 18.2. The summed E-state index contributed by atoms with van der Waals surface area (Å²) >= 11 is 0. The minimum absolute atomic E-state index is 0.271. The Morgan fingerprint density at radius 3 is 1.83 bits per heavy atom. The highest BCUT2D eigenvalue weighted by atomic mass is 19.4. The summed E-state index contributed by atoms with van der Waals surface area (Å²) in [6.07, 6.45) is 0.759. The highest BCUT2D eigenvalue weighted by molar-refractivity contribution is 5.36. The first-order valence-corrected chi connectivity index (χ1v) is 7.88. The Bertz CT molecular complexity index is 604. The topological polar surface area (TPSA) is 18.5 Å². The number of ether oxygens (including phenoxy) is 2. The molecule has 0 aromatic heterocycles. The van der Waals surface area contributed by atoms with Gasteiger partial charge in [-0.1, -0.05) is 38.3 Å². The van der Waals surface area contributed by atoms with E-state index in [4.69, 9.17) is 4.74 Å². The summed E-state index contributed by atoms with van der Waals surface area (Å²) in [4.78, 5) is 0. The van der Waals surface area contributed by atoms with E-state index in [-0.39, 0.29) is 5.75 Å². The first-order chi connectivity index (χ1) is 11.5. The molecule has 0 aliphatic heterocycles. The molecule has 1 radical (unpaired) electrons. The van der Waals surface area contributed by atoms with Crippen molar-refractivity contribution in [3.8, 4) is 17.2 Å². The summed E-state index contributed by atoms with van der Waals surface area (Å²) < 4.78 is 45.7. The van der Waals surface area contributed by atoms with E-state index in [1.165, 1.54) is 36.2 Å². The van der Waals surface area contributed by atoms with Crippen LogP contribution in [0.4, 0.5) is 13.2 Å². The molecule has 0 spiro atoms. The summed E-state index contributed by atoms with van der Waals surface area (Å²) in [5.41, 5.74) is 1.24. The first-order valence-electron chi connectivity index (χ1n) is 7.88. The third kappa shape index (κ3) is 6.52. The zero-order valence-corrected chi connectivity index (χ0v) is 13.3. The van der Waals surface area contributed by atoms with Gasteiger partial charge in [0.15, 0.2) is 0 Å². The second-order valence-electron chi connectivity index (χ2n) is 5.43. The van der Waals surface area contributed by atoms with Gasteiger partial charge in [0.25, 0.3) is 0 Å². The van der Waals surface area contributed by atoms with Crippen molar-refractivity contribution >= 4 is 0 Å². The summed E-state index contributed by atoms with van der Waals surface area (Å²) in [7, 11) is 0. The van der Waals surface area contributed by atoms with Crippen LogP contribution >= 0.6 is 0 Å². The third-order valence-corrected chi connectivity index (χ3v) is 3.43. The van der Waals surface area contributed by atoms with Gasteiger partial charge in [-0.3, -0.25) is 0 Å². The number of rotatable bonds is 8. The highest BCUT2D eigenvalue weighted by Gasteiger charge is 2.30. The number of hydrogen-bond acceptors (Lipinski definition) is 2. The number of hydrogen-bond donors (Lipinski definition) is 0. The van der Waals surface area contributed by atoms with Crippen molar-refractivity contribution < 1.29 is 22.6 Å². The summed E-state index contributed by atoms with van der Waals surface area (Å²) in [5.74, 6) is 0.821. The van der Waals surface area contributed by atoms with Crippen LogP contribution in [0.5, 0.6) is 17.2 Å². The number of unbranched alkanes of at least 4 members (excludes halogenated alkanes) is 3. The van der Waals surface area contributed by atoms with Crippen LogP contribution in [0.25, 0.3) is 0 Å². The lowest BCUT2D eigenvalue weighted by Crippen LogP contribution is -2.16. The Balaban J connectivity index is 1.87. The van der Waals surface area contributed by atoms with Crippen molar-refractivity contribution in [1.82, 2.24) is 0 Å². The second-order valence-corrected chi connectivity index (χ2v) is 5.43. The van der Waals surface area contributed by atoms with Gasteiger partial charge in [0.1, 0.15) is 17.2 Å². The van der Waals surface area contributed by atoms with Crippen LogP contribution in [0.3, 0.4) is 0 Å². The molecule has 5 heteroatoms. The molecule has 2 aromatic carbocycles. The molecule has 24 heavy (non-hydrogen) atoms. The lowest BCUT2D eigenvalue weighted by Gasteiger charge is -2.10. The summed E-state index contributed by atoms with van der Waals surface area (Å²) in [6.45, 7) is 3.82. The monoisotopic (exact) mass is 337 g/mol. The van der Waals surface area contributed by atoms with Gasteiger partial charge in [-0.2, -0.15) is 0 Å². The molecule has 0 saturated carbocycles. The SMILES string of the molecule is [CH2]CCCCCc1ccc(Oc2ccc(OC(F)(F)F)cc2)cc1. The maximum atomic E-state index is 12.1. The normalized spacial score (nSPS) is 11.3. The standard InChI is InChI=1S/C19H20F3O2/c1-2-3-4-5-6-15-7-9-16(10-8-15)23-17-11-13-18(14-12-17)24-19(20,21)22/h7-14H,1-6H2. The molecule has 2 rings (SSSR count). The number of halogens is 3. The third-order valence-electron chi connectivity index (χ3n) is 3.43. The fourth-order valence-electron chi connectivity index (χ4n) is 2.25. The molecular weight excluding hydrogens is 317 g/mol. The molecule has 0 N–H and O–H groups in total. The molecule has 0 aliphatic rings. The predicted molar refractivity (Wildman–Crippen MR) is 87.2 cm³/mol. The van der Waals surface area contributed by atoms with Gasteiger partial charge in [-0.05, 0) is 54.8 Å². The predicted octanol–water partition coefficient (Wildman–Crippen LogP) is 6.31. The van der Waals surface area contributed by atoms with Crippen molar-refractivity contribution in [3.05, 3.63) is 61.0 Å². The van der Waals surface area contributed by atoms with Gasteiger partial charge < -0.3 is 9.47 Å². The Labute approximate surface area is 140 Å². The molecule has 2 aromatic rings. The average molecular weight is 337 g/mol. The minimum atomic E-state index is -4.69. The van der Waals surface area contributed by atoms with Gasteiger partial charge in [0.05, 0.1) is 0 Å². The minimum Gasteiger partial charge on any atom is -0.457 e. The van der Waals surface area contributed by atoms with Crippen LogP contribution in [-0.2, 0) is 6.42 Å². The van der Waals surface area contributed by atoms with Gasteiger partial charge in [-0.25, -0.2) is 0 Å². The molecule has 0 saturated heterocycles. The van der Waals surface area contributed by atoms with E-state index in [1.54, 1.807) is 0 Å². The van der Waals surface area contributed by atoms with E-state index in [0.717, 1.165) is 25.7 Å². The molecule has 0 bridgehead atoms. The fourth-order valence-corrected chi connectivity index (χ4v) is 2.25. The lowest BCUT2D eigenvalue weighted by atomic mass is 10.1. The molecule has 0 atom stereocenters. The van der Waals surface area contributed by atoms with E-state index in [1.807, 2.05) is 24.3 Å². The van der Waals surface area contributed by atoms with Gasteiger partial charge in [-0.15, -0.1) is 13.2 Å². The molecule has 0 aliphatic carbocycles. The van der Waals surface area contributed by atoms with Crippen molar-refractivity contribution in [2.75, 3.05) is 0 Å². The summed E-state index contributed by atoms with van der Waals surface area (Å²) in [5, 5.41) is 0. The molecule has 0 heterocycles. The van der Waals surface area contributed by atoms with Crippen LogP contribution in [-0.4, -0.2) is 6.36 Å². The highest BCUT2D eigenvalue weighted by Crippen LogP contribution is 2.27. The van der Waals surface area contributed by atoms with Crippen LogP contribution in [0.2, 0.25) is 0 Å². The van der Waals surface area contributed by atoms with Gasteiger partial charge in [0.2, 0.25) is 0 Å². The van der Waals surface area contributed by atoms with Crippen molar-refractivity contribution in [3.63, 3.8) is 0 Å². The quantitative estimate of drug-likeness (QED) is 0.525. The van der Waals surface area contributed by atoms with Gasteiger partial charge >= 0.3 is 6.36 Å². The maximum absolute atomic E-state index is 12.1.